The molecule has 4 fully saturated rings. The Morgan fingerprint density at radius 1 is 0.900 bits per heavy atom. The first kappa shape index (κ1) is 4.66. The second-order valence-corrected chi connectivity index (χ2v) is 3.39. The van der Waals surface area contributed by atoms with Crippen molar-refractivity contribution in [3.8, 4) is 0 Å². The van der Waals surface area contributed by atoms with E-state index in [0.717, 1.165) is 0 Å². The molecule has 3 aliphatic heterocycles. The molecule has 3 saturated heterocycles. The molecule has 0 N–H and O–H groups in total. The molecule has 1 saturated carbocycles. The van der Waals surface area contributed by atoms with Crippen molar-refractivity contribution in [3.05, 3.63) is 0 Å². The summed E-state index contributed by atoms with van der Waals surface area (Å²) in [6.07, 6.45) is 1.06. The van der Waals surface area contributed by atoms with Crippen molar-refractivity contribution >= 4 is 0 Å². The van der Waals surface area contributed by atoms with Crippen LogP contribution in [-0.2, 0) is 14.0 Å². The van der Waals surface area contributed by atoms with Gasteiger partial charge in [0.05, 0.1) is 0 Å². The summed E-state index contributed by atoms with van der Waals surface area (Å²) in [6, 6.07) is 0. The van der Waals surface area contributed by atoms with Crippen LogP contribution in [-0.4, -0.2) is 36.6 Å². The molecule has 4 aliphatic rings. The van der Waals surface area contributed by atoms with E-state index in [9.17, 15) is 5.26 Å². The van der Waals surface area contributed by atoms with Crippen molar-refractivity contribution in [2.45, 2.75) is 36.6 Å². The molecule has 6 atom stereocenters. The van der Waals surface area contributed by atoms with Gasteiger partial charge >= 0.3 is 0 Å². The highest BCUT2D eigenvalue weighted by Crippen LogP contribution is 2.59. The van der Waals surface area contributed by atoms with E-state index in [4.69, 9.17) is 9.47 Å². The largest absolute Gasteiger partial charge is 0.533 e. The van der Waals surface area contributed by atoms with Gasteiger partial charge in [0.15, 0.2) is 12.2 Å². The van der Waals surface area contributed by atoms with Crippen LogP contribution in [0.1, 0.15) is 0 Å². The molecule has 4 heteroatoms. The highest BCUT2D eigenvalue weighted by atomic mass is 17.3. The molecule has 3 heterocycles. The van der Waals surface area contributed by atoms with Gasteiger partial charge in [-0.2, -0.15) is 0 Å². The van der Waals surface area contributed by atoms with Crippen molar-refractivity contribution in [1.29, 1.82) is 0 Å². The van der Waals surface area contributed by atoms with Crippen molar-refractivity contribution in [1.82, 2.24) is 0 Å². The Kier molecular flexibility index (Phi) is 0.486. The van der Waals surface area contributed by atoms with E-state index in [-0.39, 0.29) is 36.6 Å². The van der Waals surface area contributed by atoms with Gasteiger partial charge in [-0.05, 0) is 0 Å². The summed E-state index contributed by atoms with van der Waals surface area (Å²) in [4.78, 5) is 0. The lowest BCUT2D eigenvalue weighted by molar-refractivity contribution is -0.743. The first-order valence-corrected chi connectivity index (χ1v) is 3.58. The molecule has 0 bridgehead atoms. The summed E-state index contributed by atoms with van der Waals surface area (Å²) in [7, 11) is 0. The average molecular weight is 142 g/mol. The standard InChI is InChI=1S/C6H6O4/c7-10-5-3-1(8-3)2-4(9-2)6(5)10/h1-6H. The molecular weight excluding hydrogens is 136 g/mol. The van der Waals surface area contributed by atoms with Crippen LogP contribution in [0.4, 0.5) is 0 Å². The number of hydrogen-bond acceptors (Lipinski definition) is 3. The zero-order valence-corrected chi connectivity index (χ0v) is 5.10. The fraction of sp³-hybridized carbons (Fsp3) is 1.00. The summed E-state index contributed by atoms with van der Waals surface area (Å²) in [6.45, 7) is 0. The fourth-order valence-corrected chi connectivity index (χ4v) is 2.19. The van der Waals surface area contributed by atoms with Crippen molar-refractivity contribution in [3.63, 3.8) is 0 Å². The zero-order valence-electron chi connectivity index (χ0n) is 5.10. The molecule has 6 unspecified atom stereocenters. The third-order valence-corrected chi connectivity index (χ3v) is 2.88. The Hall–Kier alpha value is -0.160. The maximum Gasteiger partial charge on any atom is 0.266 e. The Balaban J connectivity index is 1.79. The predicted octanol–water partition coefficient (Wildman–Crippen LogP) is -1.89. The Morgan fingerprint density at radius 3 is 1.90 bits per heavy atom. The molecule has 0 amide bonds. The maximum absolute atomic E-state index is 10.9. The van der Waals surface area contributed by atoms with Crippen LogP contribution in [0.3, 0.4) is 0 Å². The van der Waals surface area contributed by atoms with Crippen LogP contribution in [0.25, 0.3) is 0 Å². The summed E-state index contributed by atoms with van der Waals surface area (Å²) in [5, 5.41) is 10.9. The Morgan fingerprint density at radius 2 is 1.40 bits per heavy atom. The lowest BCUT2D eigenvalue weighted by atomic mass is 10.0. The molecule has 54 valence electrons. The zero-order chi connectivity index (χ0) is 6.46. The van der Waals surface area contributed by atoms with Gasteiger partial charge in [-0.15, -0.1) is 0 Å². The van der Waals surface area contributed by atoms with Crippen LogP contribution in [0, 0.1) is 0 Å². The van der Waals surface area contributed by atoms with E-state index in [1.165, 1.54) is 0 Å². The number of epoxide rings is 3. The minimum absolute atomic E-state index is 0.0775. The number of fused-ring (bicyclic) bond motifs is 6. The fourth-order valence-electron chi connectivity index (χ4n) is 2.19. The predicted molar refractivity (Wildman–Crippen MR) is 26.0 cm³/mol. The van der Waals surface area contributed by atoms with Gasteiger partial charge in [-0.3, -0.25) is 0 Å². The third-order valence-electron chi connectivity index (χ3n) is 2.88. The molecule has 0 aromatic rings. The van der Waals surface area contributed by atoms with E-state index in [1.807, 2.05) is 4.52 Å². The highest BCUT2D eigenvalue weighted by Gasteiger charge is 2.84. The molecule has 0 aromatic carbocycles. The Labute approximate surface area is 56.9 Å². The molecule has 0 radical (unpaired) electrons. The second-order valence-electron chi connectivity index (χ2n) is 3.39. The van der Waals surface area contributed by atoms with Crippen LogP contribution in [0.15, 0.2) is 0 Å². The summed E-state index contributed by atoms with van der Waals surface area (Å²) < 4.78 is 12.4. The van der Waals surface area contributed by atoms with E-state index in [2.05, 4.69) is 0 Å². The van der Waals surface area contributed by atoms with Crippen molar-refractivity contribution < 1.29 is 19.2 Å². The maximum atomic E-state index is 10.9. The van der Waals surface area contributed by atoms with Gasteiger partial charge in [0.25, 0.3) is 12.2 Å². The van der Waals surface area contributed by atoms with Gasteiger partial charge < -0.3 is 19.2 Å². The first-order chi connectivity index (χ1) is 4.88. The molecule has 0 spiro atoms. The number of rotatable bonds is 0. The van der Waals surface area contributed by atoms with Crippen molar-refractivity contribution in [2.24, 2.45) is 0 Å². The summed E-state index contributed by atoms with van der Waals surface area (Å²) in [5.74, 6) is 0. The van der Waals surface area contributed by atoms with E-state index >= 15 is 0 Å². The van der Waals surface area contributed by atoms with Crippen LogP contribution < -0.4 is 5.26 Å². The summed E-state index contributed by atoms with van der Waals surface area (Å²) in [5.41, 5.74) is 0. The molecule has 1 aliphatic carbocycles. The second kappa shape index (κ2) is 1.04. The van der Waals surface area contributed by atoms with Gasteiger partial charge in [0, 0.05) is 0 Å². The molecular formula is C6H6O4. The topological polar surface area (TPSA) is 50.8 Å². The third kappa shape index (κ3) is 0.320. The number of hydrogen-bond donors (Lipinski definition) is 0. The smallest absolute Gasteiger partial charge is 0.266 e. The quantitative estimate of drug-likeness (QED) is 0.226. The first-order valence-electron chi connectivity index (χ1n) is 3.58. The molecule has 0 aromatic heterocycles. The molecule has 4 rings (SSSR count). The van der Waals surface area contributed by atoms with E-state index in [0.29, 0.717) is 0 Å². The van der Waals surface area contributed by atoms with Gasteiger partial charge in [-0.1, -0.05) is 0 Å². The lowest BCUT2D eigenvalue weighted by Crippen LogP contribution is -2.20. The minimum Gasteiger partial charge on any atom is -0.533 e. The normalized spacial score (nSPS) is 75.3. The molecule has 4 nitrogen and oxygen atoms in total. The molecule has 10 heavy (non-hydrogen) atoms. The van der Waals surface area contributed by atoms with Crippen LogP contribution >= 0.6 is 0 Å². The van der Waals surface area contributed by atoms with Crippen LogP contribution in [0.2, 0.25) is 0 Å². The monoisotopic (exact) mass is 142 g/mol. The Bertz CT molecular complexity index is 196. The lowest BCUT2D eigenvalue weighted by Gasteiger charge is -1.93. The van der Waals surface area contributed by atoms with Gasteiger partial charge in [-0.25, -0.2) is 0 Å². The summed E-state index contributed by atoms with van der Waals surface area (Å²) >= 11 is 0. The van der Waals surface area contributed by atoms with Gasteiger partial charge in [0.2, 0.25) is 0 Å². The van der Waals surface area contributed by atoms with E-state index in [1.54, 1.807) is 0 Å². The highest BCUT2D eigenvalue weighted by molar-refractivity contribution is 5.23. The average Bonchev–Trinajstić information content (AvgIpc) is 2.62. The van der Waals surface area contributed by atoms with Crippen molar-refractivity contribution in [2.75, 3.05) is 0 Å². The number of ether oxygens (including phenoxy) is 2. The van der Waals surface area contributed by atoms with E-state index < -0.39 is 0 Å². The minimum atomic E-state index is 0.0775. The van der Waals surface area contributed by atoms with Crippen LogP contribution in [0.5, 0.6) is 0 Å². The SMILES string of the molecule is [O-][O+]1C2C3OC3C3OC3C21. The van der Waals surface area contributed by atoms with Gasteiger partial charge in [0.1, 0.15) is 12.2 Å².